The van der Waals surface area contributed by atoms with Gasteiger partial charge in [-0.15, -0.1) is 0 Å². The molecule has 1 rings (SSSR count). The Hall–Kier alpha value is -2.84. The molecule has 0 unspecified atom stereocenters. The van der Waals surface area contributed by atoms with Crippen LogP contribution in [0.4, 0.5) is 0 Å². The van der Waals surface area contributed by atoms with Crippen molar-refractivity contribution in [2.45, 2.75) is 60.3 Å². The molecule has 210 valence electrons. The second-order valence-electron chi connectivity index (χ2n) is 9.18. The minimum absolute atomic E-state index is 0.190. The highest BCUT2D eigenvalue weighted by Crippen LogP contribution is 2.29. The lowest BCUT2D eigenvalue weighted by Gasteiger charge is -2.24. The summed E-state index contributed by atoms with van der Waals surface area (Å²) in [6, 6.07) is 3.65. The number of thioether (sulfide) groups is 1. The van der Waals surface area contributed by atoms with E-state index < -0.39 is 0 Å². The zero-order valence-electron chi connectivity index (χ0n) is 24.0. The van der Waals surface area contributed by atoms with Gasteiger partial charge in [-0.3, -0.25) is 9.59 Å². The predicted molar refractivity (Wildman–Crippen MR) is 159 cm³/mol. The van der Waals surface area contributed by atoms with Crippen molar-refractivity contribution < 1.29 is 19.1 Å². The van der Waals surface area contributed by atoms with Crippen LogP contribution in [0.3, 0.4) is 0 Å². The molecule has 0 aromatic carbocycles. The first-order valence-corrected chi connectivity index (χ1v) is 14.1. The number of aromatic nitrogens is 1. The van der Waals surface area contributed by atoms with E-state index in [2.05, 4.69) is 37.3 Å². The lowest BCUT2D eigenvalue weighted by atomic mass is 9.98. The Bertz CT molecular complexity index is 997. The molecule has 1 aromatic heterocycles. The van der Waals surface area contributed by atoms with Gasteiger partial charge < -0.3 is 19.7 Å². The molecule has 0 saturated carbocycles. The van der Waals surface area contributed by atoms with Crippen LogP contribution < -0.4 is 10.1 Å². The minimum atomic E-state index is -0.305. The van der Waals surface area contributed by atoms with Crippen molar-refractivity contribution in [3.8, 4) is 5.88 Å². The molecule has 0 atom stereocenters. The number of carbonyl (C=O) groups excluding carboxylic acids is 2. The van der Waals surface area contributed by atoms with Crippen molar-refractivity contribution in [1.82, 2.24) is 15.2 Å². The summed E-state index contributed by atoms with van der Waals surface area (Å²) in [5, 5.41) is 4.62. The summed E-state index contributed by atoms with van der Waals surface area (Å²) in [4.78, 5) is 32.1. The van der Waals surface area contributed by atoms with Crippen LogP contribution >= 0.6 is 11.8 Å². The van der Waals surface area contributed by atoms with Gasteiger partial charge in [0.2, 0.25) is 5.88 Å². The molecule has 0 radical (unpaired) electrons. The molecule has 8 heteroatoms. The Morgan fingerprint density at radius 2 is 1.84 bits per heavy atom. The molecule has 0 fully saturated rings. The van der Waals surface area contributed by atoms with E-state index in [9.17, 15) is 9.59 Å². The van der Waals surface area contributed by atoms with Gasteiger partial charge in [0.05, 0.1) is 12.3 Å². The zero-order chi connectivity index (χ0) is 28.5. The molecule has 1 N–H and O–H groups in total. The number of ether oxygens (including phenoxy) is 2. The average Bonchev–Trinajstić information content (AvgIpc) is 2.89. The fourth-order valence-corrected chi connectivity index (χ4v) is 4.40. The van der Waals surface area contributed by atoms with Crippen molar-refractivity contribution in [3.63, 3.8) is 0 Å². The van der Waals surface area contributed by atoms with E-state index in [1.807, 2.05) is 37.2 Å². The minimum Gasteiger partial charge on any atom is -0.475 e. The SMILES string of the molecule is C=C(C(C)=O)/C(=C\N(C)CC(CCC)CCC)NC(=O)/C(C)=C/SC(=C)c1ccnc(OCCOCC)c1. The van der Waals surface area contributed by atoms with Crippen LogP contribution in [-0.2, 0) is 14.3 Å². The van der Waals surface area contributed by atoms with E-state index in [0.717, 1.165) is 42.7 Å². The van der Waals surface area contributed by atoms with E-state index in [4.69, 9.17) is 9.47 Å². The number of amides is 1. The van der Waals surface area contributed by atoms with Crippen LogP contribution in [0.2, 0.25) is 0 Å². The summed E-state index contributed by atoms with van der Waals surface area (Å²) in [6.45, 7) is 19.9. The largest absolute Gasteiger partial charge is 0.475 e. The lowest BCUT2D eigenvalue weighted by Crippen LogP contribution is -2.29. The fourth-order valence-electron chi connectivity index (χ4n) is 3.71. The third-order valence-electron chi connectivity index (χ3n) is 5.76. The van der Waals surface area contributed by atoms with Gasteiger partial charge in [0.1, 0.15) is 6.61 Å². The standard InChI is InChI=1S/C30H45N3O4S/c1-9-12-26(13-10-2)19-33(8)20-28(23(5)24(6)34)32-30(35)22(4)21-38-25(7)27-14-15-31-29(18-27)37-17-16-36-11-3/h14-15,18,20-21,26H,5,7,9-13,16-17,19H2,1-4,6,8H3,(H,32,35)/b22-21+,28-20+. The van der Waals surface area contributed by atoms with E-state index in [0.29, 0.717) is 42.9 Å². The maximum Gasteiger partial charge on any atom is 0.251 e. The number of carbonyl (C=O) groups is 2. The number of pyridine rings is 1. The molecule has 0 saturated heterocycles. The molecule has 0 aliphatic heterocycles. The van der Waals surface area contributed by atoms with Gasteiger partial charge in [-0.05, 0) is 56.6 Å². The van der Waals surface area contributed by atoms with Crippen molar-refractivity contribution in [2.75, 3.05) is 33.4 Å². The van der Waals surface area contributed by atoms with E-state index >= 15 is 0 Å². The summed E-state index contributed by atoms with van der Waals surface area (Å²) in [5.41, 5.74) is 2.02. The number of allylic oxidation sites excluding steroid dienone is 1. The van der Waals surface area contributed by atoms with E-state index in [1.165, 1.54) is 18.7 Å². The number of Topliss-reactive ketones (excluding diaryl/α,β-unsaturated/α-hetero) is 1. The van der Waals surface area contributed by atoms with Gasteiger partial charge in [-0.25, -0.2) is 4.98 Å². The highest BCUT2D eigenvalue weighted by atomic mass is 32.2. The van der Waals surface area contributed by atoms with Crippen molar-refractivity contribution >= 4 is 28.4 Å². The summed E-state index contributed by atoms with van der Waals surface area (Å²) >= 11 is 1.34. The predicted octanol–water partition coefficient (Wildman–Crippen LogP) is 6.36. The summed E-state index contributed by atoms with van der Waals surface area (Å²) < 4.78 is 10.9. The van der Waals surface area contributed by atoms with Gasteiger partial charge in [0.25, 0.3) is 5.91 Å². The smallest absolute Gasteiger partial charge is 0.251 e. The molecular formula is C30H45N3O4S. The number of nitrogens with one attached hydrogen (secondary N) is 1. The number of hydrogen-bond acceptors (Lipinski definition) is 7. The Morgan fingerprint density at radius 1 is 1.16 bits per heavy atom. The van der Waals surface area contributed by atoms with E-state index in [-0.39, 0.29) is 17.3 Å². The first-order chi connectivity index (χ1) is 18.1. The van der Waals surface area contributed by atoms with Crippen LogP contribution in [0.1, 0.15) is 65.9 Å². The quantitative estimate of drug-likeness (QED) is 0.124. The molecule has 38 heavy (non-hydrogen) atoms. The Balaban J connectivity index is 2.88. The molecule has 0 aliphatic rings. The zero-order valence-corrected chi connectivity index (χ0v) is 24.8. The molecule has 0 aliphatic carbocycles. The first-order valence-electron chi connectivity index (χ1n) is 13.3. The Labute approximate surface area is 233 Å². The lowest BCUT2D eigenvalue weighted by molar-refractivity contribution is -0.116. The summed E-state index contributed by atoms with van der Waals surface area (Å²) in [7, 11) is 1.96. The van der Waals surface area contributed by atoms with E-state index in [1.54, 1.807) is 18.5 Å². The number of hydrogen-bond donors (Lipinski definition) is 1. The second kappa shape index (κ2) is 18.4. The molecule has 1 heterocycles. The highest BCUT2D eigenvalue weighted by molar-refractivity contribution is 8.10. The third kappa shape index (κ3) is 12.6. The van der Waals surface area contributed by atoms with Crippen LogP contribution in [-0.4, -0.2) is 55.0 Å². The highest BCUT2D eigenvalue weighted by Gasteiger charge is 2.15. The third-order valence-corrected chi connectivity index (χ3v) is 6.75. The topological polar surface area (TPSA) is 80.8 Å². The molecule has 1 aromatic rings. The normalized spacial score (nSPS) is 11.9. The van der Waals surface area contributed by atoms with Gasteiger partial charge in [0.15, 0.2) is 5.78 Å². The van der Waals surface area contributed by atoms with Crippen LogP contribution in [0.5, 0.6) is 5.88 Å². The van der Waals surface area contributed by atoms with Gasteiger partial charge in [-0.2, -0.15) is 0 Å². The Morgan fingerprint density at radius 3 is 2.45 bits per heavy atom. The Kier molecular flexibility index (Phi) is 16.1. The van der Waals surface area contributed by atoms with Crippen LogP contribution in [0.25, 0.3) is 4.91 Å². The van der Waals surface area contributed by atoms with Crippen molar-refractivity contribution in [2.24, 2.45) is 5.92 Å². The van der Waals surface area contributed by atoms with Gasteiger partial charge >= 0.3 is 0 Å². The number of ketones is 1. The summed E-state index contributed by atoms with van der Waals surface area (Å²) in [5.74, 6) is 0.552. The van der Waals surface area contributed by atoms with Crippen LogP contribution in [0, 0.1) is 5.92 Å². The van der Waals surface area contributed by atoms with Crippen molar-refractivity contribution in [1.29, 1.82) is 0 Å². The molecule has 7 nitrogen and oxygen atoms in total. The first kappa shape index (κ1) is 33.2. The molecule has 1 amide bonds. The maximum absolute atomic E-state index is 13.0. The van der Waals surface area contributed by atoms with Crippen molar-refractivity contribution in [3.05, 3.63) is 65.5 Å². The fraction of sp³-hybridized carbons (Fsp3) is 0.500. The average molecular weight is 544 g/mol. The van der Waals surface area contributed by atoms with Gasteiger partial charge in [-0.1, -0.05) is 51.6 Å². The molecule has 0 spiro atoms. The van der Waals surface area contributed by atoms with Gasteiger partial charge in [0, 0.05) is 54.7 Å². The number of rotatable bonds is 19. The summed E-state index contributed by atoms with van der Waals surface area (Å²) in [6.07, 6.45) is 8.00. The number of nitrogens with zero attached hydrogens (tertiary/aromatic N) is 2. The maximum atomic E-state index is 13.0. The monoisotopic (exact) mass is 543 g/mol. The van der Waals surface area contributed by atoms with Crippen LogP contribution in [0.15, 0.2) is 59.9 Å². The molecular weight excluding hydrogens is 498 g/mol. The molecule has 0 bridgehead atoms. The second-order valence-corrected chi connectivity index (χ2v) is 10.1.